The zero-order valence-corrected chi connectivity index (χ0v) is 10.7. The second kappa shape index (κ2) is 5.01. The lowest BCUT2D eigenvalue weighted by atomic mass is 9.95. The van der Waals surface area contributed by atoms with E-state index in [1.807, 2.05) is 24.3 Å². The van der Waals surface area contributed by atoms with Gasteiger partial charge in [0.05, 0.1) is 11.0 Å². The number of imidazole rings is 1. The van der Waals surface area contributed by atoms with Crippen LogP contribution in [0.2, 0.25) is 0 Å². The van der Waals surface area contributed by atoms with E-state index >= 15 is 0 Å². The number of hydrogen-bond acceptors (Lipinski definition) is 3. The van der Waals surface area contributed by atoms with E-state index < -0.39 is 0 Å². The number of para-hydroxylation sites is 2. The SMILES string of the molecule is NC[C@H]1CCC[C@H]1C(=O)Nc1nc2ccccc2[nH]1. The third-order valence-corrected chi connectivity index (χ3v) is 3.93. The van der Waals surface area contributed by atoms with E-state index in [1.54, 1.807) is 0 Å². The quantitative estimate of drug-likeness (QED) is 0.786. The highest BCUT2D eigenvalue weighted by molar-refractivity contribution is 5.93. The number of anilines is 1. The maximum absolute atomic E-state index is 12.2. The summed E-state index contributed by atoms with van der Waals surface area (Å²) in [5.74, 6) is 0.892. The summed E-state index contributed by atoms with van der Waals surface area (Å²) < 4.78 is 0. The fraction of sp³-hybridized carbons (Fsp3) is 0.429. The number of nitrogens with two attached hydrogens (primary N) is 1. The van der Waals surface area contributed by atoms with Gasteiger partial charge in [-0.25, -0.2) is 4.98 Å². The van der Waals surface area contributed by atoms with Crippen molar-refractivity contribution in [3.63, 3.8) is 0 Å². The second-order valence-electron chi connectivity index (χ2n) is 5.12. The highest BCUT2D eigenvalue weighted by Gasteiger charge is 2.32. The molecule has 1 saturated carbocycles. The Labute approximate surface area is 111 Å². The molecule has 1 amide bonds. The van der Waals surface area contributed by atoms with E-state index in [0.29, 0.717) is 18.4 Å². The van der Waals surface area contributed by atoms with Crippen molar-refractivity contribution in [3.8, 4) is 0 Å². The molecular formula is C14H18N4O. The number of rotatable bonds is 3. The molecular weight excluding hydrogens is 240 g/mol. The topological polar surface area (TPSA) is 83.8 Å². The van der Waals surface area contributed by atoms with Gasteiger partial charge in [0.25, 0.3) is 0 Å². The summed E-state index contributed by atoms with van der Waals surface area (Å²) in [7, 11) is 0. The van der Waals surface area contributed by atoms with Crippen LogP contribution in [0.3, 0.4) is 0 Å². The van der Waals surface area contributed by atoms with Crippen molar-refractivity contribution in [3.05, 3.63) is 24.3 Å². The highest BCUT2D eigenvalue weighted by atomic mass is 16.2. The van der Waals surface area contributed by atoms with Gasteiger partial charge in [0.2, 0.25) is 11.9 Å². The second-order valence-corrected chi connectivity index (χ2v) is 5.12. The van der Waals surface area contributed by atoms with Crippen LogP contribution in [0.5, 0.6) is 0 Å². The minimum Gasteiger partial charge on any atom is -0.330 e. The maximum atomic E-state index is 12.2. The Kier molecular flexibility index (Phi) is 3.21. The number of aromatic amines is 1. The molecule has 1 aromatic heterocycles. The van der Waals surface area contributed by atoms with Crippen LogP contribution in [0.4, 0.5) is 5.95 Å². The number of H-pyrrole nitrogens is 1. The van der Waals surface area contributed by atoms with Crippen LogP contribution in [0.25, 0.3) is 11.0 Å². The van der Waals surface area contributed by atoms with Crippen LogP contribution in [0.1, 0.15) is 19.3 Å². The summed E-state index contributed by atoms with van der Waals surface area (Å²) in [6.07, 6.45) is 3.06. The summed E-state index contributed by atoms with van der Waals surface area (Å²) >= 11 is 0. The van der Waals surface area contributed by atoms with Crippen molar-refractivity contribution in [2.45, 2.75) is 19.3 Å². The summed E-state index contributed by atoms with van der Waals surface area (Å²) in [4.78, 5) is 19.7. The molecule has 2 atom stereocenters. The number of nitrogens with one attached hydrogen (secondary N) is 2. The minimum atomic E-state index is 0.0261. The molecule has 1 aliphatic rings. The predicted octanol–water partition coefficient (Wildman–Crippen LogP) is 1.88. The van der Waals surface area contributed by atoms with Crippen LogP contribution < -0.4 is 11.1 Å². The fourth-order valence-corrected chi connectivity index (χ4v) is 2.89. The highest BCUT2D eigenvalue weighted by Crippen LogP contribution is 2.31. The summed E-state index contributed by atoms with van der Waals surface area (Å²) in [5, 5.41) is 2.88. The van der Waals surface area contributed by atoms with Crippen molar-refractivity contribution in [1.29, 1.82) is 0 Å². The predicted molar refractivity (Wildman–Crippen MR) is 74.6 cm³/mol. The Hall–Kier alpha value is -1.88. The van der Waals surface area contributed by atoms with Gasteiger partial charge in [0.15, 0.2) is 0 Å². The molecule has 5 heteroatoms. The molecule has 0 aliphatic heterocycles. The molecule has 1 fully saturated rings. The van der Waals surface area contributed by atoms with Gasteiger partial charge in [0.1, 0.15) is 0 Å². The Morgan fingerprint density at radius 3 is 3.05 bits per heavy atom. The number of benzene rings is 1. The van der Waals surface area contributed by atoms with Gasteiger partial charge in [-0.1, -0.05) is 18.6 Å². The van der Waals surface area contributed by atoms with Crippen molar-refractivity contribution >= 4 is 22.9 Å². The largest absolute Gasteiger partial charge is 0.330 e. The van der Waals surface area contributed by atoms with Crippen molar-refractivity contribution < 1.29 is 4.79 Å². The average Bonchev–Trinajstić information content (AvgIpc) is 3.03. The van der Waals surface area contributed by atoms with E-state index in [1.165, 1.54) is 0 Å². The smallest absolute Gasteiger partial charge is 0.230 e. The first kappa shape index (κ1) is 12.2. The molecule has 0 spiro atoms. The molecule has 19 heavy (non-hydrogen) atoms. The average molecular weight is 258 g/mol. The van der Waals surface area contributed by atoms with E-state index in [9.17, 15) is 4.79 Å². The first-order chi connectivity index (χ1) is 9.28. The lowest BCUT2D eigenvalue weighted by Gasteiger charge is -2.16. The molecule has 3 rings (SSSR count). The van der Waals surface area contributed by atoms with E-state index in [0.717, 1.165) is 30.3 Å². The number of hydrogen-bond donors (Lipinski definition) is 3. The van der Waals surface area contributed by atoms with Gasteiger partial charge in [-0.15, -0.1) is 0 Å². The molecule has 0 saturated heterocycles. The number of carbonyl (C=O) groups excluding carboxylic acids is 1. The third kappa shape index (κ3) is 2.33. The number of aromatic nitrogens is 2. The number of amides is 1. The van der Waals surface area contributed by atoms with Crippen molar-refractivity contribution in [2.24, 2.45) is 17.6 Å². The number of nitrogens with zero attached hydrogens (tertiary/aromatic N) is 1. The van der Waals surface area contributed by atoms with E-state index in [-0.39, 0.29) is 11.8 Å². The Morgan fingerprint density at radius 1 is 1.42 bits per heavy atom. The molecule has 5 nitrogen and oxygen atoms in total. The van der Waals surface area contributed by atoms with Crippen molar-refractivity contribution in [1.82, 2.24) is 9.97 Å². The maximum Gasteiger partial charge on any atom is 0.230 e. The van der Waals surface area contributed by atoms with Gasteiger partial charge in [-0.2, -0.15) is 0 Å². The van der Waals surface area contributed by atoms with Crippen LogP contribution in [0, 0.1) is 11.8 Å². The molecule has 4 N–H and O–H groups in total. The first-order valence-electron chi connectivity index (χ1n) is 6.73. The molecule has 0 bridgehead atoms. The van der Waals surface area contributed by atoms with Crippen LogP contribution in [-0.4, -0.2) is 22.4 Å². The summed E-state index contributed by atoms with van der Waals surface area (Å²) in [6.45, 7) is 0.582. The van der Waals surface area contributed by atoms with Gasteiger partial charge >= 0.3 is 0 Å². The molecule has 1 heterocycles. The molecule has 2 aromatic rings. The molecule has 1 aliphatic carbocycles. The zero-order chi connectivity index (χ0) is 13.2. The third-order valence-electron chi connectivity index (χ3n) is 3.93. The molecule has 0 unspecified atom stereocenters. The lowest BCUT2D eigenvalue weighted by Crippen LogP contribution is -2.30. The standard InChI is InChI=1S/C14H18N4O/c15-8-9-4-3-5-10(9)13(19)18-14-16-11-6-1-2-7-12(11)17-14/h1-2,6-7,9-10H,3-5,8,15H2,(H2,16,17,18,19)/t9-,10-/m1/s1. The van der Waals surface area contributed by atoms with Gasteiger partial charge in [-0.3, -0.25) is 10.1 Å². The first-order valence-corrected chi connectivity index (χ1v) is 6.73. The lowest BCUT2D eigenvalue weighted by molar-refractivity contribution is -0.120. The molecule has 0 radical (unpaired) electrons. The van der Waals surface area contributed by atoms with Crippen LogP contribution in [0.15, 0.2) is 24.3 Å². The minimum absolute atomic E-state index is 0.0261. The van der Waals surface area contributed by atoms with Crippen LogP contribution >= 0.6 is 0 Å². The molecule has 1 aromatic carbocycles. The summed E-state index contributed by atoms with van der Waals surface area (Å²) in [5.41, 5.74) is 7.50. The van der Waals surface area contributed by atoms with Gasteiger partial charge in [-0.05, 0) is 37.4 Å². The summed E-state index contributed by atoms with van der Waals surface area (Å²) in [6, 6.07) is 7.72. The number of fused-ring (bicyclic) bond motifs is 1. The normalized spacial score (nSPS) is 22.8. The number of carbonyl (C=O) groups is 1. The molecule has 100 valence electrons. The van der Waals surface area contributed by atoms with Crippen LogP contribution in [-0.2, 0) is 4.79 Å². The van der Waals surface area contributed by atoms with E-state index in [2.05, 4.69) is 15.3 Å². The van der Waals surface area contributed by atoms with Crippen molar-refractivity contribution in [2.75, 3.05) is 11.9 Å². The zero-order valence-electron chi connectivity index (χ0n) is 10.7. The van der Waals surface area contributed by atoms with Gasteiger partial charge < -0.3 is 10.7 Å². The fourth-order valence-electron chi connectivity index (χ4n) is 2.89. The van der Waals surface area contributed by atoms with Gasteiger partial charge in [0, 0.05) is 5.92 Å². The Balaban J connectivity index is 1.75. The Bertz CT molecular complexity index is 559. The Morgan fingerprint density at radius 2 is 2.26 bits per heavy atom. The monoisotopic (exact) mass is 258 g/mol. The van der Waals surface area contributed by atoms with E-state index in [4.69, 9.17) is 5.73 Å².